The summed E-state index contributed by atoms with van der Waals surface area (Å²) < 4.78 is 4.41. The fraction of sp³-hybridized carbons (Fsp3) is 0.579. The van der Waals surface area contributed by atoms with E-state index in [2.05, 4.69) is 49.4 Å². The van der Waals surface area contributed by atoms with Crippen molar-refractivity contribution in [3.63, 3.8) is 0 Å². The molecule has 0 amide bonds. The van der Waals surface area contributed by atoms with E-state index in [9.17, 15) is 0 Å². The summed E-state index contributed by atoms with van der Waals surface area (Å²) in [5.41, 5.74) is 1.16. The van der Waals surface area contributed by atoms with Gasteiger partial charge >= 0.3 is 0 Å². The van der Waals surface area contributed by atoms with E-state index in [0.29, 0.717) is 6.54 Å². The van der Waals surface area contributed by atoms with Crippen molar-refractivity contribution in [2.24, 2.45) is 4.99 Å². The average molecular weight is 530 g/mol. The van der Waals surface area contributed by atoms with Gasteiger partial charge in [-0.05, 0) is 24.6 Å². The zero-order valence-corrected chi connectivity index (χ0v) is 20.8. The van der Waals surface area contributed by atoms with Crippen LogP contribution in [0.5, 0.6) is 0 Å². The number of aliphatic imine (C=N–C) groups is 1. The minimum atomic E-state index is 0. The van der Waals surface area contributed by atoms with E-state index in [4.69, 9.17) is 4.99 Å². The van der Waals surface area contributed by atoms with Crippen LogP contribution in [0.3, 0.4) is 0 Å². The molecule has 3 rings (SSSR count). The lowest BCUT2D eigenvalue weighted by Crippen LogP contribution is -2.52. The molecule has 0 atom stereocenters. The minimum Gasteiger partial charge on any atom is -0.363 e. The van der Waals surface area contributed by atoms with E-state index >= 15 is 0 Å². The normalized spacial score (nSPS) is 14.6. The van der Waals surface area contributed by atoms with Gasteiger partial charge in [-0.1, -0.05) is 6.92 Å². The molecule has 160 valence electrons. The number of aromatic nitrogens is 3. The van der Waals surface area contributed by atoms with E-state index in [1.54, 1.807) is 0 Å². The number of pyridine rings is 1. The second kappa shape index (κ2) is 11.5. The Morgan fingerprint density at radius 3 is 2.62 bits per heavy atom. The van der Waals surface area contributed by atoms with Gasteiger partial charge in [0.2, 0.25) is 5.13 Å². The molecule has 2 aromatic rings. The molecule has 29 heavy (non-hydrogen) atoms. The Bertz CT molecular complexity index is 786. The molecule has 0 bridgehead atoms. The number of nitrogens with one attached hydrogen (secondary N) is 1. The number of nitrogens with zero attached hydrogens (tertiary/aromatic N) is 7. The fourth-order valence-corrected chi connectivity index (χ4v) is 3.82. The third-order valence-electron chi connectivity index (χ3n) is 4.64. The molecule has 0 aliphatic carbocycles. The maximum atomic E-state index is 4.86. The first-order valence-electron chi connectivity index (χ1n) is 9.83. The summed E-state index contributed by atoms with van der Waals surface area (Å²) in [4.78, 5) is 20.5. The average Bonchev–Trinajstić information content (AvgIpc) is 3.21. The highest BCUT2D eigenvalue weighted by atomic mass is 127. The number of hydrogen-bond donors (Lipinski definition) is 1. The third kappa shape index (κ3) is 6.39. The van der Waals surface area contributed by atoms with Crippen LogP contribution in [-0.4, -0.2) is 72.0 Å². The van der Waals surface area contributed by atoms with Crippen molar-refractivity contribution in [1.29, 1.82) is 0 Å². The predicted octanol–water partition coefficient (Wildman–Crippen LogP) is 2.47. The molecule has 1 fully saturated rings. The monoisotopic (exact) mass is 530 g/mol. The molecule has 0 radical (unpaired) electrons. The van der Waals surface area contributed by atoms with Crippen LogP contribution in [0.1, 0.15) is 25.2 Å². The van der Waals surface area contributed by atoms with Gasteiger partial charge in [-0.25, -0.2) is 15.0 Å². The quantitative estimate of drug-likeness (QED) is 0.350. The first kappa shape index (κ1) is 23.6. The van der Waals surface area contributed by atoms with E-state index in [-0.39, 0.29) is 24.0 Å². The second-order valence-electron chi connectivity index (χ2n) is 6.91. The second-order valence-corrected chi connectivity index (χ2v) is 7.64. The zero-order valence-electron chi connectivity index (χ0n) is 17.6. The summed E-state index contributed by atoms with van der Waals surface area (Å²) in [6.07, 6.45) is 2.73. The molecule has 0 aromatic carbocycles. The molecular formula is C19H31IN8S. The van der Waals surface area contributed by atoms with Gasteiger partial charge in [0, 0.05) is 71.0 Å². The summed E-state index contributed by atoms with van der Waals surface area (Å²) in [7, 11) is 4.00. The van der Waals surface area contributed by atoms with Gasteiger partial charge in [0.15, 0.2) is 5.96 Å². The molecule has 2 aromatic heterocycles. The van der Waals surface area contributed by atoms with Crippen LogP contribution in [0.4, 0.5) is 10.9 Å². The Kier molecular flexibility index (Phi) is 9.34. The van der Waals surface area contributed by atoms with Crippen LogP contribution in [0.15, 0.2) is 23.3 Å². The Hall–Kier alpha value is -1.69. The molecule has 8 nitrogen and oxygen atoms in total. The minimum absolute atomic E-state index is 0. The van der Waals surface area contributed by atoms with Crippen molar-refractivity contribution in [2.75, 3.05) is 56.6 Å². The van der Waals surface area contributed by atoms with Crippen LogP contribution in [-0.2, 0) is 13.0 Å². The number of anilines is 2. The van der Waals surface area contributed by atoms with Gasteiger partial charge in [0.05, 0.1) is 6.54 Å². The van der Waals surface area contributed by atoms with Gasteiger partial charge in [-0.2, -0.15) is 4.37 Å². The van der Waals surface area contributed by atoms with Crippen molar-refractivity contribution < 1.29 is 0 Å². The number of guanidine groups is 1. The van der Waals surface area contributed by atoms with Crippen molar-refractivity contribution in [3.05, 3.63) is 29.7 Å². The number of aryl methyl sites for hydroxylation is 1. The summed E-state index contributed by atoms with van der Waals surface area (Å²) >= 11 is 1.50. The molecule has 1 aliphatic heterocycles. The van der Waals surface area contributed by atoms with E-state index in [1.165, 1.54) is 11.5 Å². The number of rotatable bonds is 6. The van der Waals surface area contributed by atoms with Crippen molar-refractivity contribution in [1.82, 2.24) is 24.6 Å². The van der Waals surface area contributed by atoms with Crippen LogP contribution < -0.4 is 15.1 Å². The highest BCUT2D eigenvalue weighted by Crippen LogP contribution is 2.19. The van der Waals surface area contributed by atoms with Gasteiger partial charge in [0.1, 0.15) is 11.6 Å². The van der Waals surface area contributed by atoms with Gasteiger partial charge < -0.3 is 20.0 Å². The lowest BCUT2D eigenvalue weighted by Gasteiger charge is -2.36. The molecule has 0 unspecified atom stereocenters. The van der Waals surface area contributed by atoms with E-state index in [1.807, 2.05) is 31.3 Å². The molecule has 0 saturated carbocycles. The molecule has 1 aliphatic rings. The topological polar surface area (TPSA) is 72.8 Å². The van der Waals surface area contributed by atoms with E-state index < -0.39 is 0 Å². The molecule has 1 saturated heterocycles. The van der Waals surface area contributed by atoms with Crippen molar-refractivity contribution in [3.8, 4) is 0 Å². The summed E-state index contributed by atoms with van der Waals surface area (Å²) in [6.45, 7) is 9.41. The smallest absolute Gasteiger partial charge is 0.205 e. The van der Waals surface area contributed by atoms with Crippen LogP contribution in [0.2, 0.25) is 0 Å². The van der Waals surface area contributed by atoms with Crippen molar-refractivity contribution >= 4 is 52.4 Å². The number of piperazine rings is 1. The van der Waals surface area contributed by atoms with E-state index in [0.717, 1.165) is 67.4 Å². The van der Waals surface area contributed by atoms with Crippen LogP contribution in [0, 0.1) is 0 Å². The predicted molar refractivity (Wildman–Crippen MR) is 132 cm³/mol. The number of hydrogen-bond acceptors (Lipinski definition) is 7. The summed E-state index contributed by atoms with van der Waals surface area (Å²) in [5, 5.41) is 4.47. The summed E-state index contributed by atoms with van der Waals surface area (Å²) in [6, 6.07) is 4.12. The molecule has 1 N–H and O–H groups in total. The molecule has 10 heteroatoms. The maximum Gasteiger partial charge on any atom is 0.205 e. The van der Waals surface area contributed by atoms with Crippen LogP contribution in [0.25, 0.3) is 0 Å². The Morgan fingerprint density at radius 2 is 2.00 bits per heavy atom. The summed E-state index contributed by atoms with van der Waals surface area (Å²) in [5.74, 6) is 2.86. The third-order valence-corrected chi connectivity index (χ3v) is 5.45. The Labute approximate surface area is 194 Å². The lowest BCUT2D eigenvalue weighted by molar-refractivity contribution is 0.372. The number of halogens is 1. The lowest BCUT2D eigenvalue weighted by atomic mass is 10.2. The van der Waals surface area contributed by atoms with Gasteiger partial charge in [-0.3, -0.25) is 0 Å². The maximum absolute atomic E-state index is 4.86. The first-order valence-corrected chi connectivity index (χ1v) is 10.6. The fourth-order valence-electron chi connectivity index (χ4n) is 3.02. The SMILES string of the molecule is CCNC(=NCc1ccnc(N(C)C)c1)N1CCN(c2nc(CC)ns2)CC1.I. The largest absolute Gasteiger partial charge is 0.363 e. The molecule has 3 heterocycles. The first-order chi connectivity index (χ1) is 13.6. The standard InChI is InChI=1S/C19H30N8S.HI/c1-5-16-23-19(28-24-16)27-11-9-26(10-12-27)18(20-6-2)22-14-15-7-8-21-17(13-15)25(3)4;/h7-8,13H,5-6,9-12,14H2,1-4H3,(H,20,22);1H. The molecule has 0 spiro atoms. The highest BCUT2D eigenvalue weighted by Gasteiger charge is 2.22. The molecular weight excluding hydrogens is 499 g/mol. The van der Waals surface area contributed by atoms with Crippen molar-refractivity contribution in [2.45, 2.75) is 26.8 Å². The Balaban J connectivity index is 0.00000300. The zero-order chi connectivity index (χ0) is 19.9. The van der Waals surface area contributed by atoms with Gasteiger partial charge in [-0.15, -0.1) is 24.0 Å². The highest BCUT2D eigenvalue weighted by molar-refractivity contribution is 14.0. The van der Waals surface area contributed by atoms with Crippen LogP contribution >= 0.6 is 35.5 Å². The Morgan fingerprint density at radius 1 is 1.24 bits per heavy atom. The van der Waals surface area contributed by atoms with Gasteiger partial charge in [0.25, 0.3) is 0 Å².